The molecule has 3 aromatic carbocycles. The lowest BCUT2D eigenvalue weighted by Crippen LogP contribution is -2.30. The number of hydrogen-bond donors (Lipinski definition) is 0. The van der Waals surface area contributed by atoms with E-state index in [1.807, 2.05) is 23.2 Å². The van der Waals surface area contributed by atoms with Gasteiger partial charge >= 0.3 is 17.9 Å². The van der Waals surface area contributed by atoms with Gasteiger partial charge in [-0.05, 0) is 112 Å². The van der Waals surface area contributed by atoms with Crippen LogP contribution in [0.3, 0.4) is 0 Å². The first kappa shape index (κ1) is 41.9. The van der Waals surface area contributed by atoms with Crippen LogP contribution in [0.5, 0.6) is 23.0 Å². The van der Waals surface area contributed by atoms with Gasteiger partial charge in [-0.2, -0.15) is 5.10 Å². The second kappa shape index (κ2) is 22.4. The fraction of sp³-hybridized carbons (Fsp3) is 0.432. The second-order valence-corrected chi connectivity index (χ2v) is 14.8. The van der Waals surface area contributed by atoms with Crippen LogP contribution >= 0.6 is 11.3 Å². The first-order valence-corrected chi connectivity index (χ1v) is 20.5. The van der Waals surface area contributed by atoms with E-state index in [2.05, 4.69) is 19.6 Å². The molecule has 0 aliphatic heterocycles. The monoisotopic (exact) mass is 783 g/mol. The summed E-state index contributed by atoms with van der Waals surface area (Å²) < 4.78 is 29.0. The number of nitrogens with zero attached hydrogens (tertiary/aromatic N) is 3. The summed E-state index contributed by atoms with van der Waals surface area (Å²) in [4.78, 5) is 42.2. The minimum Gasteiger partial charge on any atom is -0.496 e. The number of methoxy groups -OCH3 is 1. The maximum atomic E-state index is 13.3. The molecule has 5 rings (SSSR count). The van der Waals surface area contributed by atoms with Gasteiger partial charge in [-0.1, -0.05) is 56.2 Å². The smallest absolute Gasteiger partial charge is 0.330 e. The Labute approximate surface area is 333 Å². The van der Waals surface area contributed by atoms with Crippen molar-refractivity contribution >= 4 is 50.8 Å². The molecule has 0 amide bonds. The molecule has 1 saturated carbocycles. The number of anilines is 1. The number of carbonyl (C=O) groups excluding carboxylic acids is 3. The summed E-state index contributed by atoms with van der Waals surface area (Å²) >= 11 is 1.61. The van der Waals surface area contributed by atoms with Crippen LogP contribution < -0.4 is 24.0 Å². The minimum atomic E-state index is -0.396. The number of para-hydroxylation sites is 1. The number of ether oxygens (including phenoxy) is 5. The normalized spacial score (nSPS) is 15.3. The van der Waals surface area contributed by atoms with Gasteiger partial charge in [0.15, 0.2) is 0 Å². The fourth-order valence-corrected chi connectivity index (χ4v) is 7.37. The Morgan fingerprint density at radius 1 is 0.821 bits per heavy atom. The molecule has 0 atom stereocenters. The highest BCUT2D eigenvalue weighted by atomic mass is 32.1. The number of hydrogen-bond acceptors (Lipinski definition) is 12. The number of rotatable bonds is 22. The van der Waals surface area contributed by atoms with E-state index >= 15 is 0 Å². The standard InChI is InChI=1S/C44H53N3O8S/c1-4-6-7-12-27-47(44-46-38-15-10-11-16-40(38)56-44)45-31-34-30-37(25-26-39(34)51-3)55-43(50)33-19-17-32(18-20-33)42(49)54-36-23-21-35(22-24-36)52-28-13-8-9-14-29-53-41(48)5-2/h5,10-11,15-16,21-26,30-33H,2,4,6-9,12-14,17-20,27-29H2,1,3H3/b45-31-/t32-,33-. The number of benzene rings is 3. The van der Waals surface area contributed by atoms with Crippen LogP contribution in [0.4, 0.5) is 5.13 Å². The zero-order valence-corrected chi connectivity index (χ0v) is 33.3. The topological polar surface area (TPSA) is 126 Å². The van der Waals surface area contributed by atoms with Crippen molar-refractivity contribution < 1.29 is 38.1 Å². The Hall–Kier alpha value is -5.23. The zero-order chi connectivity index (χ0) is 39.5. The summed E-state index contributed by atoms with van der Waals surface area (Å²) in [6.07, 6.45) is 13.0. The van der Waals surface area contributed by atoms with Crippen LogP contribution in [0.1, 0.15) is 89.5 Å². The number of fused-ring (bicyclic) bond motifs is 1. The second-order valence-electron chi connectivity index (χ2n) is 13.8. The molecule has 0 radical (unpaired) electrons. The van der Waals surface area contributed by atoms with Gasteiger partial charge < -0.3 is 23.7 Å². The number of hydrazone groups is 1. The maximum Gasteiger partial charge on any atom is 0.330 e. The van der Waals surface area contributed by atoms with E-state index in [9.17, 15) is 14.4 Å². The zero-order valence-electron chi connectivity index (χ0n) is 32.5. The molecule has 1 aliphatic carbocycles. The van der Waals surface area contributed by atoms with E-state index < -0.39 is 5.97 Å². The van der Waals surface area contributed by atoms with Crippen molar-refractivity contribution in [2.75, 3.05) is 31.9 Å². The molecule has 298 valence electrons. The number of thiazole rings is 1. The van der Waals surface area contributed by atoms with Crippen molar-refractivity contribution in [1.82, 2.24) is 4.98 Å². The van der Waals surface area contributed by atoms with Crippen molar-refractivity contribution in [3.05, 3.63) is 84.9 Å². The molecule has 11 nitrogen and oxygen atoms in total. The third-order valence-corrected chi connectivity index (χ3v) is 10.7. The number of carbonyl (C=O) groups is 3. The van der Waals surface area contributed by atoms with Gasteiger partial charge in [0.05, 0.1) is 48.6 Å². The Kier molecular flexibility index (Phi) is 16.7. The van der Waals surface area contributed by atoms with Gasteiger partial charge in [-0.25, -0.2) is 14.8 Å². The van der Waals surface area contributed by atoms with Crippen LogP contribution in [0.2, 0.25) is 0 Å². The lowest BCUT2D eigenvalue weighted by atomic mass is 9.82. The summed E-state index contributed by atoms with van der Waals surface area (Å²) in [5.74, 6) is 0.550. The average Bonchev–Trinajstić information content (AvgIpc) is 3.66. The van der Waals surface area contributed by atoms with Crippen molar-refractivity contribution in [2.45, 2.75) is 84.0 Å². The molecule has 1 aromatic heterocycles. The molecule has 1 aliphatic rings. The van der Waals surface area contributed by atoms with Gasteiger partial charge in [0, 0.05) is 18.2 Å². The lowest BCUT2D eigenvalue weighted by Gasteiger charge is -2.25. The van der Waals surface area contributed by atoms with Crippen molar-refractivity contribution in [1.29, 1.82) is 0 Å². The van der Waals surface area contributed by atoms with Crippen LogP contribution in [0.15, 0.2) is 84.5 Å². The molecule has 0 unspecified atom stereocenters. The van der Waals surface area contributed by atoms with Gasteiger partial charge in [0.25, 0.3) is 0 Å². The predicted molar refractivity (Wildman–Crippen MR) is 220 cm³/mol. The third kappa shape index (κ3) is 12.9. The molecule has 4 aromatic rings. The summed E-state index contributed by atoms with van der Waals surface area (Å²) in [5, 5.41) is 7.60. The van der Waals surface area contributed by atoms with Crippen molar-refractivity contribution in [2.24, 2.45) is 16.9 Å². The number of unbranched alkanes of at least 4 members (excludes halogenated alkanes) is 6. The predicted octanol–water partition coefficient (Wildman–Crippen LogP) is 9.71. The molecule has 56 heavy (non-hydrogen) atoms. The molecule has 0 spiro atoms. The summed E-state index contributed by atoms with van der Waals surface area (Å²) in [7, 11) is 1.60. The highest BCUT2D eigenvalue weighted by Gasteiger charge is 2.32. The first-order valence-electron chi connectivity index (χ1n) is 19.7. The maximum absolute atomic E-state index is 13.3. The highest BCUT2D eigenvalue weighted by molar-refractivity contribution is 7.22. The molecule has 0 saturated heterocycles. The van der Waals surface area contributed by atoms with Crippen LogP contribution in [0, 0.1) is 11.8 Å². The Balaban J connectivity index is 1.07. The van der Waals surface area contributed by atoms with Crippen LogP contribution in [0.25, 0.3) is 10.2 Å². The van der Waals surface area contributed by atoms with E-state index in [1.165, 1.54) is 12.5 Å². The average molecular weight is 784 g/mol. The SMILES string of the molecule is C=CC(=O)OCCCCCCOc1ccc(OC(=O)[C@H]2CC[C@H](C(=O)Oc3ccc(OC)c(/C=N\N(CCCCCC)c4nc5ccccc5s4)c3)CC2)cc1. The Morgan fingerprint density at radius 3 is 2.14 bits per heavy atom. The van der Waals surface area contributed by atoms with E-state index in [-0.39, 0.29) is 23.8 Å². The van der Waals surface area contributed by atoms with Gasteiger partial charge in [0.2, 0.25) is 5.13 Å². The Bertz CT molecular complexity index is 1870. The molecular weight excluding hydrogens is 731 g/mol. The summed E-state index contributed by atoms with van der Waals surface area (Å²) in [6.45, 7) is 7.26. The molecule has 1 heterocycles. The fourth-order valence-electron chi connectivity index (χ4n) is 6.42. The summed E-state index contributed by atoms with van der Waals surface area (Å²) in [6, 6.07) is 20.4. The first-order chi connectivity index (χ1) is 27.4. The van der Waals surface area contributed by atoms with Gasteiger partial charge in [-0.3, -0.25) is 9.59 Å². The van der Waals surface area contributed by atoms with Crippen LogP contribution in [-0.4, -0.2) is 56.0 Å². The van der Waals surface area contributed by atoms with Gasteiger partial charge in [-0.15, -0.1) is 0 Å². The van der Waals surface area contributed by atoms with Gasteiger partial charge in [0.1, 0.15) is 23.0 Å². The largest absolute Gasteiger partial charge is 0.496 e. The lowest BCUT2D eigenvalue weighted by molar-refractivity contribution is -0.145. The molecule has 1 fully saturated rings. The quantitative estimate of drug-likeness (QED) is 0.0190. The van der Waals surface area contributed by atoms with Crippen molar-refractivity contribution in [3.63, 3.8) is 0 Å². The highest BCUT2D eigenvalue weighted by Crippen LogP contribution is 2.33. The molecule has 0 bridgehead atoms. The van der Waals surface area contributed by atoms with E-state index in [4.69, 9.17) is 33.8 Å². The minimum absolute atomic E-state index is 0.292. The third-order valence-electron chi connectivity index (χ3n) is 9.64. The Morgan fingerprint density at radius 2 is 1.46 bits per heavy atom. The number of esters is 3. The van der Waals surface area contributed by atoms with E-state index in [1.54, 1.807) is 67.1 Å². The molecular formula is C44H53N3O8S. The van der Waals surface area contributed by atoms with E-state index in [0.717, 1.165) is 66.8 Å². The summed E-state index contributed by atoms with van der Waals surface area (Å²) in [5.41, 5.74) is 1.62. The van der Waals surface area contributed by atoms with Crippen molar-refractivity contribution in [3.8, 4) is 23.0 Å². The molecule has 0 N–H and O–H groups in total. The van der Waals surface area contributed by atoms with Crippen LogP contribution in [-0.2, 0) is 19.1 Å². The molecule has 12 heteroatoms. The number of aromatic nitrogens is 1. The van der Waals surface area contributed by atoms with E-state index in [0.29, 0.717) is 67.5 Å².